The number of aliphatic hydroxyl groups excluding tert-OH is 5. The molecule has 160 valence electrons. The topological polar surface area (TPSA) is 168 Å². The van der Waals surface area contributed by atoms with Crippen molar-refractivity contribution in [2.24, 2.45) is 0 Å². The lowest BCUT2D eigenvalue weighted by Gasteiger charge is -2.45. The summed E-state index contributed by atoms with van der Waals surface area (Å²) in [5, 5.41) is 71.0. The number of fused-ring (bicyclic) bond motifs is 2. The standard InChI is InChI=1S/C21H22O9/c22-6-8-4-10-14(21-20(29)19(28)17(26)13(7-23)30-21)9-2-1-3-11(24)15(9)18(27)16(10)12(25)5-8/h1-5,13-14,17,19-26,28-29H,6-7H2/t13-,14-,17-,19-,20-,21+/m0/s1. The van der Waals surface area contributed by atoms with Crippen LogP contribution in [0.3, 0.4) is 0 Å². The van der Waals surface area contributed by atoms with E-state index in [2.05, 4.69) is 0 Å². The molecule has 6 atom stereocenters. The Bertz CT molecular complexity index is 987. The number of hydrogen-bond acceptors (Lipinski definition) is 9. The molecule has 1 heterocycles. The van der Waals surface area contributed by atoms with E-state index in [1.165, 1.54) is 24.3 Å². The maximum atomic E-state index is 13.1. The Labute approximate surface area is 171 Å². The molecule has 2 aromatic rings. The van der Waals surface area contributed by atoms with Gasteiger partial charge in [-0.2, -0.15) is 0 Å². The Morgan fingerprint density at radius 2 is 1.57 bits per heavy atom. The Hall–Kier alpha value is -2.53. The Balaban J connectivity index is 1.96. The van der Waals surface area contributed by atoms with Crippen molar-refractivity contribution in [2.75, 3.05) is 6.61 Å². The lowest BCUT2D eigenvalue weighted by molar-refractivity contribution is -0.232. The lowest BCUT2D eigenvalue weighted by Crippen LogP contribution is -2.60. The summed E-state index contributed by atoms with van der Waals surface area (Å²) in [6, 6.07) is 7.06. The predicted octanol–water partition coefficient (Wildman–Crippen LogP) is -0.891. The minimum absolute atomic E-state index is 0.0843. The molecule has 2 aromatic carbocycles. The molecule has 4 rings (SSSR count). The van der Waals surface area contributed by atoms with Crippen molar-refractivity contribution in [2.45, 2.75) is 43.0 Å². The van der Waals surface area contributed by atoms with Crippen LogP contribution in [0.4, 0.5) is 0 Å². The number of ether oxygens (including phenoxy) is 1. The fourth-order valence-electron chi connectivity index (χ4n) is 4.41. The maximum absolute atomic E-state index is 13.1. The number of ketones is 1. The van der Waals surface area contributed by atoms with E-state index in [0.717, 1.165) is 0 Å². The molecule has 1 fully saturated rings. The molecule has 9 heteroatoms. The molecule has 0 spiro atoms. The molecule has 0 aromatic heterocycles. The van der Waals surface area contributed by atoms with Crippen LogP contribution in [0, 0.1) is 0 Å². The molecular formula is C21H22O9. The van der Waals surface area contributed by atoms with Crippen LogP contribution in [0.25, 0.3) is 0 Å². The second kappa shape index (κ2) is 7.62. The smallest absolute Gasteiger partial charge is 0.201 e. The van der Waals surface area contributed by atoms with Gasteiger partial charge in [-0.25, -0.2) is 0 Å². The monoisotopic (exact) mass is 418 g/mol. The maximum Gasteiger partial charge on any atom is 0.201 e. The van der Waals surface area contributed by atoms with Gasteiger partial charge in [0.25, 0.3) is 0 Å². The fraction of sp³-hybridized carbons (Fsp3) is 0.381. The minimum Gasteiger partial charge on any atom is -0.507 e. The first-order valence-corrected chi connectivity index (χ1v) is 9.43. The third kappa shape index (κ3) is 2.99. The van der Waals surface area contributed by atoms with Crippen molar-refractivity contribution in [3.63, 3.8) is 0 Å². The number of rotatable bonds is 3. The molecule has 1 aliphatic carbocycles. The van der Waals surface area contributed by atoms with E-state index in [1.54, 1.807) is 6.07 Å². The fourth-order valence-corrected chi connectivity index (χ4v) is 4.41. The van der Waals surface area contributed by atoms with Crippen molar-refractivity contribution in [3.05, 3.63) is 58.1 Å². The van der Waals surface area contributed by atoms with Crippen LogP contribution in [-0.2, 0) is 11.3 Å². The summed E-state index contributed by atoms with van der Waals surface area (Å²) in [6.07, 6.45) is -7.22. The molecule has 7 N–H and O–H groups in total. The molecule has 0 amide bonds. The van der Waals surface area contributed by atoms with Crippen molar-refractivity contribution in [3.8, 4) is 11.5 Å². The summed E-state index contributed by atoms with van der Waals surface area (Å²) in [5.74, 6) is -2.34. The summed E-state index contributed by atoms with van der Waals surface area (Å²) in [5.41, 5.74) is 0.609. The van der Waals surface area contributed by atoms with Crippen LogP contribution in [0.2, 0.25) is 0 Å². The highest BCUT2D eigenvalue weighted by Gasteiger charge is 2.50. The van der Waals surface area contributed by atoms with Crippen molar-refractivity contribution >= 4 is 5.78 Å². The third-order valence-corrected chi connectivity index (χ3v) is 5.85. The average molecular weight is 418 g/mol. The first kappa shape index (κ1) is 20.7. The average Bonchev–Trinajstić information content (AvgIpc) is 2.73. The third-order valence-electron chi connectivity index (χ3n) is 5.85. The van der Waals surface area contributed by atoms with Crippen LogP contribution in [0.5, 0.6) is 11.5 Å². The minimum atomic E-state index is -1.64. The van der Waals surface area contributed by atoms with Gasteiger partial charge in [0.15, 0.2) is 0 Å². The van der Waals surface area contributed by atoms with Gasteiger partial charge in [0.2, 0.25) is 5.78 Å². The van der Waals surface area contributed by atoms with Gasteiger partial charge in [-0.1, -0.05) is 18.2 Å². The molecule has 0 saturated carbocycles. The second-order valence-corrected chi connectivity index (χ2v) is 7.58. The summed E-state index contributed by atoms with van der Waals surface area (Å²) in [4.78, 5) is 13.1. The van der Waals surface area contributed by atoms with Gasteiger partial charge in [-0.3, -0.25) is 4.79 Å². The van der Waals surface area contributed by atoms with Crippen LogP contribution in [0.1, 0.15) is 38.5 Å². The predicted molar refractivity (Wildman–Crippen MR) is 101 cm³/mol. The highest BCUT2D eigenvalue weighted by Crippen LogP contribution is 2.47. The van der Waals surface area contributed by atoms with Gasteiger partial charge < -0.3 is 40.5 Å². The summed E-state index contributed by atoms with van der Waals surface area (Å²) < 4.78 is 5.73. The van der Waals surface area contributed by atoms with E-state index in [-0.39, 0.29) is 28.0 Å². The molecule has 9 nitrogen and oxygen atoms in total. The molecule has 1 aliphatic heterocycles. The molecular weight excluding hydrogens is 396 g/mol. The van der Waals surface area contributed by atoms with Gasteiger partial charge >= 0.3 is 0 Å². The van der Waals surface area contributed by atoms with Gasteiger partial charge in [-0.15, -0.1) is 0 Å². The Morgan fingerprint density at radius 1 is 0.867 bits per heavy atom. The largest absolute Gasteiger partial charge is 0.507 e. The number of hydrogen-bond donors (Lipinski definition) is 7. The highest BCUT2D eigenvalue weighted by atomic mass is 16.5. The van der Waals surface area contributed by atoms with Crippen molar-refractivity contribution in [1.82, 2.24) is 0 Å². The summed E-state index contributed by atoms with van der Waals surface area (Å²) in [6.45, 7) is -1.06. The number of carbonyl (C=O) groups excluding carboxylic acids is 1. The van der Waals surface area contributed by atoms with Crippen molar-refractivity contribution in [1.29, 1.82) is 0 Å². The van der Waals surface area contributed by atoms with Crippen LogP contribution in [0.15, 0.2) is 30.3 Å². The van der Waals surface area contributed by atoms with Gasteiger partial charge in [0.05, 0.1) is 30.4 Å². The zero-order valence-electron chi connectivity index (χ0n) is 15.7. The second-order valence-electron chi connectivity index (χ2n) is 7.58. The lowest BCUT2D eigenvalue weighted by atomic mass is 9.71. The van der Waals surface area contributed by atoms with E-state index in [1.807, 2.05) is 0 Å². The van der Waals surface area contributed by atoms with Gasteiger partial charge in [0.1, 0.15) is 35.9 Å². The van der Waals surface area contributed by atoms with Gasteiger partial charge in [0, 0.05) is 5.92 Å². The summed E-state index contributed by atoms with van der Waals surface area (Å²) >= 11 is 0. The highest BCUT2D eigenvalue weighted by molar-refractivity contribution is 6.16. The molecule has 0 radical (unpaired) electrons. The number of benzene rings is 2. The molecule has 30 heavy (non-hydrogen) atoms. The first-order chi connectivity index (χ1) is 14.3. The van der Waals surface area contributed by atoms with E-state index < -0.39 is 61.2 Å². The van der Waals surface area contributed by atoms with Crippen LogP contribution >= 0.6 is 0 Å². The molecule has 0 bridgehead atoms. The first-order valence-electron chi connectivity index (χ1n) is 9.43. The van der Waals surface area contributed by atoms with E-state index in [4.69, 9.17) is 4.74 Å². The SMILES string of the molecule is O=C1c2c(O)cccc2[C@H]([C@H]2O[C@@H](CO)[C@H](O)[C@H](O)[C@@H]2O)c2cc(CO)cc(O)c21. The molecule has 1 saturated heterocycles. The van der Waals surface area contributed by atoms with Crippen LogP contribution in [-0.4, -0.2) is 78.7 Å². The normalized spacial score (nSPS) is 30.6. The number of carbonyl (C=O) groups is 1. The van der Waals surface area contributed by atoms with E-state index in [9.17, 15) is 40.5 Å². The summed E-state index contributed by atoms with van der Waals surface area (Å²) in [7, 11) is 0. The van der Waals surface area contributed by atoms with E-state index in [0.29, 0.717) is 5.56 Å². The molecule has 0 unspecified atom stereocenters. The molecule has 2 aliphatic rings. The number of aromatic hydroxyl groups is 2. The van der Waals surface area contributed by atoms with Crippen LogP contribution < -0.4 is 0 Å². The zero-order chi connectivity index (χ0) is 21.7. The van der Waals surface area contributed by atoms with E-state index >= 15 is 0 Å². The number of phenolic OH excluding ortho intramolecular Hbond substituents is 2. The van der Waals surface area contributed by atoms with Gasteiger partial charge in [-0.05, 0) is 28.8 Å². The number of phenols is 2. The quantitative estimate of drug-likeness (QED) is 0.334. The Morgan fingerprint density at radius 3 is 2.23 bits per heavy atom. The Kier molecular flexibility index (Phi) is 5.27. The number of aliphatic hydroxyl groups is 5. The van der Waals surface area contributed by atoms with Crippen molar-refractivity contribution < 1.29 is 45.3 Å². The zero-order valence-corrected chi connectivity index (χ0v) is 15.7.